The minimum atomic E-state index is 0.344. The molecule has 0 amide bonds. The molecule has 0 fully saturated rings. The van der Waals surface area contributed by atoms with Crippen molar-refractivity contribution in [2.75, 3.05) is 18.0 Å². The molecule has 1 heterocycles. The number of hydrogen-bond acceptors (Lipinski definition) is 3. The number of anilines is 1. The molecule has 76 valence electrons. The lowest BCUT2D eigenvalue weighted by Gasteiger charge is -2.20. The maximum Gasteiger partial charge on any atom is 0.122 e. The smallest absolute Gasteiger partial charge is 0.122 e. The molecule has 1 aromatic rings. The normalized spacial score (nSPS) is 9.86. The van der Waals surface area contributed by atoms with Gasteiger partial charge in [0.1, 0.15) is 4.99 Å². The highest BCUT2D eigenvalue weighted by molar-refractivity contribution is 7.80. The van der Waals surface area contributed by atoms with Gasteiger partial charge in [-0.3, -0.25) is 4.98 Å². The van der Waals surface area contributed by atoms with Crippen LogP contribution in [0.2, 0.25) is 0 Å². The second-order valence-electron chi connectivity index (χ2n) is 2.94. The lowest BCUT2D eigenvalue weighted by Crippen LogP contribution is -2.22. The highest BCUT2D eigenvalue weighted by atomic mass is 32.1. The Morgan fingerprint density at radius 3 is 2.43 bits per heavy atom. The lowest BCUT2D eigenvalue weighted by atomic mass is 10.3. The quantitative estimate of drug-likeness (QED) is 0.764. The van der Waals surface area contributed by atoms with Crippen LogP contribution in [0.1, 0.15) is 19.5 Å². The van der Waals surface area contributed by atoms with Gasteiger partial charge in [0.2, 0.25) is 0 Å². The molecule has 0 saturated carbocycles. The monoisotopic (exact) mass is 209 g/mol. The number of hydrogen-bond donors (Lipinski definition) is 1. The summed E-state index contributed by atoms with van der Waals surface area (Å²) in [5, 5.41) is 0. The molecule has 4 heteroatoms. The van der Waals surface area contributed by atoms with Gasteiger partial charge in [0.15, 0.2) is 0 Å². The third-order valence-electron chi connectivity index (χ3n) is 2.13. The summed E-state index contributed by atoms with van der Waals surface area (Å²) < 4.78 is 0. The first-order valence-electron chi connectivity index (χ1n) is 4.69. The fourth-order valence-corrected chi connectivity index (χ4v) is 1.43. The molecule has 0 unspecified atom stereocenters. The van der Waals surface area contributed by atoms with E-state index in [0.29, 0.717) is 10.7 Å². The van der Waals surface area contributed by atoms with Crippen LogP contribution in [0.5, 0.6) is 0 Å². The van der Waals surface area contributed by atoms with Crippen molar-refractivity contribution in [2.24, 2.45) is 5.73 Å². The molecule has 0 radical (unpaired) electrons. The fourth-order valence-electron chi connectivity index (χ4n) is 1.31. The van der Waals surface area contributed by atoms with Crippen LogP contribution in [0.15, 0.2) is 18.3 Å². The van der Waals surface area contributed by atoms with Gasteiger partial charge in [0, 0.05) is 13.1 Å². The first-order valence-corrected chi connectivity index (χ1v) is 5.10. The molecule has 2 N–H and O–H groups in total. The van der Waals surface area contributed by atoms with Gasteiger partial charge in [-0.05, 0) is 26.0 Å². The predicted molar refractivity (Wildman–Crippen MR) is 63.7 cm³/mol. The maximum atomic E-state index is 5.46. The van der Waals surface area contributed by atoms with Crippen LogP contribution >= 0.6 is 12.2 Å². The van der Waals surface area contributed by atoms with Crippen molar-refractivity contribution >= 4 is 22.9 Å². The summed E-state index contributed by atoms with van der Waals surface area (Å²) in [7, 11) is 0. The van der Waals surface area contributed by atoms with Crippen LogP contribution in [0.3, 0.4) is 0 Å². The van der Waals surface area contributed by atoms with Crippen LogP contribution in [0.25, 0.3) is 0 Å². The zero-order chi connectivity index (χ0) is 10.6. The Morgan fingerprint density at radius 1 is 1.43 bits per heavy atom. The second-order valence-corrected chi connectivity index (χ2v) is 3.38. The molecule has 0 aliphatic heterocycles. The zero-order valence-corrected chi connectivity index (χ0v) is 9.34. The Hall–Kier alpha value is -1.16. The molecule has 14 heavy (non-hydrogen) atoms. The number of pyridine rings is 1. The molecule has 0 spiro atoms. The number of rotatable bonds is 4. The molecule has 0 aliphatic rings. The summed E-state index contributed by atoms with van der Waals surface area (Å²) in [6, 6.07) is 3.85. The van der Waals surface area contributed by atoms with Gasteiger partial charge in [-0.1, -0.05) is 12.2 Å². The number of thiocarbonyl (C=S) groups is 1. The highest BCUT2D eigenvalue weighted by Crippen LogP contribution is 2.12. The van der Waals surface area contributed by atoms with Crippen molar-refractivity contribution in [1.82, 2.24) is 4.98 Å². The van der Waals surface area contributed by atoms with E-state index < -0.39 is 0 Å². The molecule has 0 bridgehead atoms. The van der Waals surface area contributed by atoms with Gasteiger partial charge in [0.05, 0.1) is 17.6 Å². The van der Waals surface area contributed by atoms with E-state index in [2.05, 4.69) is 23.7 Å². The third-order valence-corrected chi connectivity index (χ3v) is 2.34. The summed E-state index contributed by atoms with van der Waals surface area (Å²) in [5.74, 6) is 0. The number of nitrogens with two attached hydrogens (primary N) is 1. The summed E-state index contributed by atoms with van der Waals surface area (Å²) >= 11 is 4.83. The standard InChI is InChI=1S/C10H15N3S/c1-3-13(4-2)8-5-6-9(10(11)14)12-7-8/h5-7H,3-4H2,1-2H3,(H2,11,14). The summed E-state index contributed by atoms with van der Waals surface area (Å²) in [4.78, 5) is 6.75. The van der Waals surface area contributed by atoms with E-state index in [4.69, 9.17) is 18.0 Å². The Morgan fingerprint density at radius 2 is 2.07 bits per heavy atom. The van der Waals surface area contributed by atoms with E-state index in [0.717, 1.165) is 18.8 Å². The average molecular weight is 209 g/mol. The largest absolute Gasteiger partial charge is 0.388 e. The number of aromatic nitrogens is 1. The molecule has 0 atom stereocenters. The first kappa shape index (κ1) is 10.9. The molecule has 0 saturated heterocycles. The van der Waals surface area contributed by atoms with Crippen LogP contribution < -0.4 is 10.6 Å². The number of nitrogens with zero attached hydrogens (tertiary/aromatic N) is 2. The van der Waals surface area contributed by atoms with Crippen molar-refractivity contribution in [2.45, 2.75) is 13.8 Å². The molecule has 1 aromatic heterocycles. The van der Waals surface area contributed by atoms with E-state index in [1.807, 2.05) is 18.3 Å². The highest BCUT2D eigenvalue weighted by Gasteiger charge is 2.02. The Balaban J connectivity index is 2.87. The minimum Gasteiger partial charge on any atom is -0.388 e. The minimum absolute atomic E-state index is 0.344. The van der Waals surface area contributed by atoms with Crippen LogP contribution in [0.4, 0.5) is 5.69 Å². The van der Waals surface area contributed by atoms with E-state index >= 15 is 0 Å². The molecule has 0 aromatic carbocycles. The first-order chi connectivity index (χ1) is 6.69. The topological polar surface area (TPSA) is 42.1 Å². The maximum absolute atomic E-state index is 5.46. The second kappa shape index (κ2) is 4.91. The molecule has 3 nitrogen and oxygen atoms in total. The van der Waals surface area contributed by atoms with Gasteiger partial charge in [-0.25, -0.2) is 0 Å². The van der Waals surface area contributed by atoms with Crippen molar-refractivity contribution in [3.8, 4) is 0 Å². The van der Waals surface area contributed by atoms with Crippen LogP contribution in [0, 0.1) is 0 Å². The van der Waals surface area contributed by atoms with E-state index in [9.17, 15) is 0 Å². The summed E-state index contributed by atoms with van der Waals surface area (Å²) in [6.07, 6.45) is 1.81. The van der Waals surface area contributed by atoms with E-state index in [-0.39, 0.29) is 0 Å². The Bertz CT molecular complexity index is 304. The van der Waals surface area contributed by atoms with Gasteiger partial charge >= 0.3 is 0 Å². The molecule has 1 rings (SSSR count). The average Bonchev–Trinajstić information content (AvgIpc) is 2.20. The van der Waals surface area contributed by atoms with Crippen LogP contribution in [-0.4, -0.2) is 23.1 Å². The van der Waals surface area contributed by atoms with Gasteiger partial charge < -0.3 is 10.6 Å². The summed E-state index contributed by atoms with van der Waals surface area (Å²) in [6.45, 7) is 6.19. The van der Waals surface area contributed by atoms with Gasteiger partial charge in [0.25, 0.3) is 0 Å². The molecule has 0 aliphatic carbocycles. The van der Waals surface area contributed by atoms with Crippen molar-refractivity contribution < 1.29 is 0 Å². The SMILES string of the molecule is CCN(CC)c1ccc(C(N)=S)nc1. The summed E-state index contributed by atoms with van der Waals surface area (Å²) in [5.41, 5.74) is 7.24. The predicted octanol–water partition coefficient (Wildman–Crippen LogP) is 1.56. The Kier molecular flexibility index (Phi) is 3.83. The zero-order valence-electron chi connectivity index (χ0n) is 8.53. The van der Waals surface area contributed by atoms with Crippen LogP contribution in [-0.2, 0) is 0 Å². The third kappa shape index (κ3) is 2.42. The van der Waals surface area contributed by atoms with E-state index in [1.54, 1.807) is 0 Å². The van der Waals surface area contributed by atoms with Gasteiger partial charge in [-0.15, -0.1) is 0 Å². The fraction of sp³-hybridized carbons (Fsp3) is 0.400. The van der Waals surface area contributed by atoms with Gasteiger partial charge in [-0.2, -0.15) is 0 Å². The van der Waals surface area contributed by atoms with Crippen molar-refractivity contribution in [1.29, 1.82) is 0 Å². The Labute approximate surface area is 89.9 Å². The van der Waals surface area contributed by atoms with Crippen molar-refractivity contribution in [3.63, 3.8) is 0 Å². The lowest BCUT2D eigenvalue weighted by molar-refractivity contribution is 0.862. The molecular weight excluding hydrogens is 194 g/mol. The van der Waals surface area contributed by atoms with E-state index in [1.165, 1.54) is 0 Å². The van der Waals surface area contributed by atoms with Crippen molar-refractivity contribution in [3.05, 3.63) is 24.0 Å². The molecular formula is C10H15N3S.